The minimum atomic E-state index is 0.741. The smallest absolute Gasteiger partial charge is 0.0249 e. The van der Waals surface area contributed by atoms with Gasteiger partial charge in [-0.3, -0.25) is 0 Å². The zero-order valence-electron chi connectivity index (χ0n) is 6.78. The van der Waals surface area contributed by atoms with E-state index in [1.165, 1.54) is 32.1 Å². The summed E-state index contributed by atoms with van der Waals surface area (Å²) in [6, 6.07) is 0. The molecule has 1 unspecified atom stereocenters. The highest BCUT2D eigenvalue weighted by molar-refractivity contribution is 6.18. The van der Waals surface area contributed by atoms with E-state index in [4.69, 9.17) is 11.6 Å². The van der Waals surface area contributed by atoms with Crippen LogP contribution in [0.25, 0.3) is 0 Å². The van der Waals surface area contributed by atoms with Crippen molar-refractivity contribution in [3.8, 4) is 0 Å². The lowest BCUT2D eigenvalue weighted by Gasteiger charge is -2.12. The van der Waals surface area contributed by atoms with E-state index in [0.717, 1.165) is 17.7 Å². The lowest BCUT2D eigenvalue weighted by atomic mass is 9.96. The molecule has 1 atom stereocenters. The van der Waals surface area contributed by atoms with Gasteiger partial charge < -0.3 is 0 Å². The maximum absolute atomic E-state index is 5.73. The highest BCUT2D eigenvalue weighted by Gasteiger charge is 2.16. The van der Waals surface area contributed by atoms with Gasteiger partial charge in [0.2, 0.25) is 0 Å². The Labute approximate surface area is 69.0 Å². The topological polar surface area (TPSA) is 0 Å². The highest BCUT2D eigenvalue weighted by atomic mass is 35.5. The second-order valence-electron chi connectivity index (χ2n) is 3.65. The molecule has 0 amide bonds. The van der Waals surface area contributed by atoms with Gasteiger partial charge in [-0.25, -0.2) is 0 Å². The monoisotopic (exact) mass is 160 g/mol. The van der Waals surface area contributed by atoms with Crippen molar-refractivity contribution in [2.24, 2.45) is 11.8 Å². The Bertz CT molecular complexity index is 84.7. The summed E-state index contributed by atoms with van der Waals surface area (Å²) in [5, 5.41) is 0. The van der Waals surface area contributed by atoms with E-state index in [1.807, 2.05) is 0 Å². The van der Waals surface area contributed by atoms with Crippen molar-refractivity contribution in [2.75, 3.05) is 5.88 Å². The molecule has 0 aromatic rings. The van der Waals surface area contributed by atoms with Crippen LogP contribution in [-0.4, -0.2) is 5.88 Å². The van der Waals surface area contributed by atoms with Crippen molar-refractivity contribution in [3.05, 3.63) is 0 Å². The number of rotatable bonds is 3. The van der Waals surface area contributed by atoms with Crippen LogP contribution >= 0.6 is 11.6 Å². The molecule has 1 saturated carbocycles. The maximum Gasteiger partial charge on any atom is 0.0249 e. The normalized spacial score (nSPS) is 23.4. The first kappa shape index (κ1) is 8.39. The van der Waals surface area contributed by atoms with Crippen LogP contribution in [0.3, 0.4) is 0 Å². The number of alkyl halides is 1. The SMILES string of the molecule is CC(CCl)CC1CCCC1. The summed E-state index contributed by atoms with van der Waals surface area (Å²) in [6.45, 7) is 2.26. The van der Waals surface area contributed by atoms with Crippen molar-refractivity contribution in [3.63, 3.8) is 0 Å². The quantitative estimate of drug-likeness (QED) is 0.555. The second-order valence-corrected chi connectivity index (χ2v) is 3.95. The molecule has 0 spiro atoms. The third-order valence-corrected chi connectivity index (χ3v) is 3.00. The molecule has 0 aromatic carbocycles. The Balaban J connectivity index is 2.11. The minimum absolute atomic E-state index is 0.741. The number of hydrogen-bond donors (Lipinski definition) is 0. The molecule has 0 saturated heterocycles. The van der Waals surface area contributed by atoms with Gasteiger partial charge >= 0.3 is 0 Å². The maximum atomic E-state index is 5.73. The average molecular weight is 161 g/mol. The van der Waals surface area contributed by atoms with Gasteiger partial charge in [-0.1, -0.05) is 32.6 Å². The van der Waals surface area contributed by atoms with Gasteiger partial charge in [0.05, 0.1) is 0 Å². The summed E-state index contributed by atoms with van der Waals surface area (Å²) in [5.74, 6) is 2.59. The first-order chi connectivity index (χ1) is 4.83. The largest absolute Gasteiger partial charge is 0.126 e. The van der Waals surface area contributed by atoms with Crippen LogP contribution in [0.4, 0.5) is 0 Å². The fraction of sp³-hybridized carbons (Fsp3) is 1.00. The van der Waals surface area contributed by atoms with Crippen LogP contribution in [-0.2, 0) is 0 Å². The summed E-state index contributed by atoms with van der Waals surface area (Å²) in [7, 11) is 0. The molecule has 1 rings (SSSR count). The van der Waals surface area contributed by atoms with Crippen LogP contribution in [0, 0.1) is 11.8 Å². The van der Waals surface area contributed by atoms with Crippen LogP contribution in [0.1, 0.15) is 39.0 Å². The van der Waals surface area contributed by atoms with Gasteiger partial charge in [-0.15, -0.1) is 11.6 Å². The average Bonchev–Trinajstić information content (AvgIpc) is 2.40. The predicted octanol–water partition coefficient (Wildman–Crippen LogP) is 3.44. The molecule has 1 aliphatic carbocycles. The molecular formula is C9H17Cl. The molecule has 0 aromatic heterocycles. The molecule has 0 radical (unpaired) electrons. The summed E-state index contributed by atoms with van der Waals surface area (Å²) < 4.78 is 0. The number of hydrogen-bond acceptors (Lipinski definition) is 0. The van der Waals surface area contributed by atoms with Crippen LogP contribution in [0.15, 0.2) is 0 Å². The third kappa shape index (κ3) is 2.49. The fourth-order valence-electron chi connectivity index (χ4n) is 1.88. The van der Waals surface area contributed by atoms with E-state index >= 15 is 0 Å². The zero-order valence-corrected chi connectivity index (χ0v) is 7.53. The van der Waals surface area contributed by atoms with Crippen molar-refractivity contribution in [1.29, 1.82) is 0 Å². The van der Waals surface area contributed by atoms with E-state index < -0.39 is 0 Å². The Morgan fingerprint density at radius 3 is 2.50 bits per heavy atom. The van der Waals surface area contributed by atoms with Crippen LogP contribution in [0.2, 0.25) is 0 Å². The molecule has 60 valence electrons. The Hall–Kier alpha value is 0.290. The van der Waals surface area contributed by atoms with E-state index in [9.17, 15) is 0 Å². The van der Waals surface area contributed by atoms with Crippen molar-refractivity contribution in [2.45, 2.75) is 39.0 Å². The fourth-order valence-corrected chi connectivity index (χ4v) is 2.00. The minimum Gasteiger partial charge on any atom is -0.126 e. The molecule has 10 heavy (non-hydrogen) atoms. The summed E-state index contributed by atoms with van der Waals surface area (Å²) in [6.07, 6.45) is 7.20. The van der Waals surface area contributed by atoms with E-state index in [0.29, 0.717) is 0 Å². The van der Waals surface area contributed by atoms with Gasteiger partial charge in [0.25, 0.3) is 0 Å². The lowest BCUT2D eigenvalue weighted by Crippen LogP contribution is -2.03. The van der Waals surface area contributed by atoms with Gasteiger partial charge in [0.1, 0.15) is 0 Å². The van der Waals surface area contributed by atoms with Crippen LogP contribution in [0.5, 0.6) is 0 Å². The molecule has 0 nitrogen and oxygen atoms in total. The molecule has 1 heteroatoms. The molecule has 1 fully saturated rings. The highest BCUT2D eigenvalue weighted by Crippen LogP contribution is 2.30. The summed E-state index contributed by atoms with van der Waals surface area (Å²) in [5.41, 5.74) is 0. The Morgan fingerprint density at radius 1 is 1.40 bits per heavy atom. The first-order valence-electron chi connectivity index (χ1n) is 4.39. The Morgan fingerprint density at radius 2 is 2.00 bits per heavy atom. The van der Waals surface area contributed by atoms with Crippen molar-refractivity contribution < 1.29 is 0 Å². The van der Waals surface area contributed by atoms with Crippen molar-refractivity contribution >= 4 is 11.6 Å². The molecule has 0 aliphatic heterocycles. The van der Waals surface area contributed by atoms with E-state index in [-0.39, 0.29) is 0 Å². The van der Waals surface area contributed by atoms with Gasteiger partial charge in [0, 0.05) is 5.88 Å². The van der Waals surface area contributed by atoms with E-state index in [2.05, 4.69) is 6.92 Å². The summed E-state index contributed by atoms with van der Waals surface area (Å²) in [4.78, 5) is 0. The molecular weight excluding hydrogens is 144 g/mol. The summed E-state index contributed by atoms with van der Waals surface area (Å²) >= 11 is 5.73. The third-order valence-electron chi connectivity index (χ3n) is 2.47. The molecule has 0 N–H and O–H groups in total. The van der Waals surface area contributed by atoms with Gasteiger partial charge in [0.15, 0.2) is 0 Å². The number of halogens is 1. The molecule has 1 aliphatic rings. The first-order valence-corrected chi connectivity index (χ1v) is 4.92. The second kappa shape index (κ2) is 4.23. The van der Waals surface area contributed by atoms with E-state index in [1.54, 1.807) is 0 Å². The van der Waals surface area contributed by atoms with Gasteiger partial charge in [-0.05, 0) is 18.3 Å². The standard InChI is InChI=1S/C9H17Cl/c1-8(7-10)6-9-4-2-3-5-9/h8-9H,2-7H2,1H3. The molecule has 0 heterocycles. The Kier molecular flexibility index (Phi) is 3.55. The van der Waals surface area contributed by atoms with Crippen LogP contribution < -0.4 is 0 Å². The molecule has 0 bridgehead atoms. The lowest BCUT2D eigenvalue weighted by molar-refractivity contribution is 0.422. The predicted molar refractivity (Wildman–Crippen MR) is 46.5 cm³/mol. The van der Waals surface area contributed by atoms with Gasteiger partial charge in [-0.2, -0.15) is 0 Å². The van der Waals surface area contributed by atoms with Crippen molar-refractivity contribution in [1.82, 2.24) is 0 Å². The zero-order chi connectivity index (χ0) is 7.40.